The van der Waals surface area contributed by atoms with Crippen LogP contribution in [0, 0.1) is 0 Å². The fraction of sp³-hybridized carbons (Fsp3) is 0.704. The van der Waals surface area contributed by atoms with Gasteiger partial charge >= 0.3 is 0 Å². The molecule has 3 aromatic rings. The Bertz CT molecular complexity index is 1160. The smallest absolute Gasteiger partial charge is 0.157 e. The molecule has 0 N–H and O–H groups in total. The molecule has 10 heteroatoms. The van der Waals surface area contributed by atoms with Gasteiger partial charge in [0.15, 0.2) is 5.82 Å². The maximum absolute atomic E-state index is 6.53. The number of piperidine rings is 1. The number of thiophene rings is 1. The van der Waals surface area contributed by atoms with Crippen molar-refractivity contribution in [1.82, 2.24) is 34.7 Å². The highest BCUT2D eigenvalue weighted by Gasteiger charge is 2.44. The van der Waals surface area contributed by atoms with E-state index in [1.807, 2.05) is 22.3 Å². The Balaban J connectivity index is 1.27. The molecule has 2 aliphatic heterocycles. The first-order valence-electron chi connectivity index (χ1n) is 13.8. The summed E-state index contributed by atoms with van der Waals surface area (Å²) < 4.78 is 15.9. The SMILES string of the molecule is CCCC(c1nncn1CCCOC)n1cc(CN2CC[C@]3(C[C@@H]2C)OCCc2sc(CC)cc23)nn1. The number of methoxy groups -OCH3 is 1. The number of fused-ring (bicyclic) bond motifs is 2. The maximum atomic E-state index is 6.53. The number of nitrogens with zero attached hydrogens (tertiary/aromatic N) is 7. The van der Waals surface area contributed by atoms with Gasteiger partial charge < -0.3 is 14.0 Å². The molecule has 0 aromatic carbocycles. The van der Waals surface area contributed by atoms with E-state index in [9.17, 15) is 0 Å². The molecule has 3 atom stereocenters. The fourth-order valence-corrected chi connectivity index (χ4v) is 7.16. The second-order valence-electron chi connectivity index (χ2n) is 10.5. The summed E-state index contributed by atoms with van der Waals surface area (Å²) in [7, 11) is 1.73. The third-order valence-corrected chi connectivity index (χ3v) is 9.29. The number of aromatic nitrogens is 6. The third kappa shape index (κ3) is 5.53. The average Bonchev–Trinajstić information content (AvgIpc) is 3.65. The number of aryl methyl sites for hydroxylation is 2. The van der Waals surface area contributed by atoms with Gasteiger partial charge in [0, 0.05) is 55.6 Å². The van der Waals surface area contributed by atoms with E-state index in [0.717, 1.165) is 89.3 Å². The van der Waals surface area contributed by atoms with Crippen molar-refractivity contribution in [2.45, 2.75) is 96.5 Å². The molecule has 0 radical (unpaired) electrons. The van der Waals surface area contributed by atoms with Crippen LogP contribution in [0.1, 0.15) is 85.8 Å². The molecule has 5 rings (SSSR count). The Morgan fingerprint density at radius 3 is 2.97 bits per heavy atom. The normalized spacial score (nSPS) is 23.0. The van der Waals surface area contributed by atoms with Crippen molar-refractivity contribution in [2.75, 3.05) is 26.9 Å². The highest BCUT2D eigenvalue weighted by Crippen LogP contribution is 2.46. The lowest BCUT2D eigenvalue weighted by atomic mass is 9.79. The zero-order valence-corrected chi connectivity index (χ0v) is 23.5. The van der Waals surface area contributed by atoms with Gasteiger partial charge in [-0.25, -0.2) is 4.68 Å². The molecule has 0 aliphatic carbocycles. The number of hydrogen-bond donors (Lipinski definition) is 0. The second-order valence-corrected chi connectivity index (χ2v) is 11.7. The number of hydrogen-bond acceptors (Lipinski definition) is 8. The van der Waals surface area contributed by atoms with Crippen molar-refractivity contribution in [3.63, 3.8) is 0 Å². The van der Waals surface area contributed by atoms with E-state index in [-0.39, 0.29) is 11.6 Å². The van der Waals surface area contributed by atoms with Crippen molar-refractivity contribution in [3.8, 4) is 0 Å². The van der Waals surface area contributed by atoms with Gasteiger partial charge in [-0.3, -0.25) is 4.90 Å². The van der Waals surface area contributed by atoms with Crippen LogP contribution in [0.2, 0.25) is 0 Å². The first-order chi connectivity index (χ1) is 18.1. The molecule has 1 fully saturated rings. The lowest BCUT2D eigenvalue weighted by Crippen LogP contribution is -2.50. The minimum Gasteiger partial charge on any atom is -0.385 e. The topological polar surface area (TPSA) is 83.1 Å². The Hall–Kier alpha value is -2.14. The van der Waals surface area contributed by atoms with Crippen LogP contribution in [0.15, 0.2) is 18.6 Å². The highest BCUT2D eigenvalue weighted by molar-refractivity contribution is 7.12. The van der Waals surface area contributed by atoms with Crippen molar-refractivity contribution in [2.24, 2.45) is 0 Å². The van der Waals surface area contributed by atoms with E-state index in [0.29, 0.717) is 6.04 Å². The summed E-state index contributed by atoms with van der Waals surface area (Å²) >= 11 is 1.99. The molecule has 5 heterocycles. The molecule has 9 nitrogen and oxygen atoms in total. The zero-order chi connectivity index (χ0) is 25.8. The minimum absolute atomic E-state index is 0.0266. The van der Waals surface area contributed by atoms with Crippen molar-refractivity contribution >= 4 is 11.3 Å². The van der Waals surface area contributed by atoms with Gasteiger partial charge in [-0.05, 0) is 50.7 Å². The third-order valence-electron chi connectivity index (χ3n) is 7.95. The van der Waals surface area contributed by atoms with Crippen molar-refractivity contribution < 1.29 is 9.47 Å². The van der Waals surface area contributed by atoms with E-state index in [1.165, 1.54) is 10.4 Å². The highest BCUT2D eigenvalue weighted by atomic mass is 32.1. The lowest BCUT2D eigenvalue weighted by Gasteiger charge is -2.47. The van der Waals surface area contributed by atoms with Gasteiger partial charge in [-0.2, -0.15) is 0 Å². The van der Waals surface area contributed by atoms with Gasteiger partial charge in [-0.15, -0.1) is 26.6 Å². The quantitative estimate of drug-likeness (QED) is 0.342. The lowest BCUT2D eigenvalue weighted by molar-refractivity contribution is -0.112. The molecule has 2 aliphatic rings. The van der Waals surface area contributed by atoms with Crippen LogP contribution in [-0.2, 0) is 41.0 Å². The summed E-state index contributed by atoms with van der Waals surface area (Å²) in [6, 6.07) is 2.86. The van der Waals surface area contributed by atoms with Crippen LogP contribution in [0.4, 0.5) is 0 Å². The maximum Gasteiger partial charge on any atom is 0.157 e. The molecule has 1 unspecified atom stereocenters. The van der Waals surface area contributed by atoms with Gasteiger partial charge in [0.2, 0.25) is 0 Å². The standard InChI is InChI=1S/C27H41N7O2S/c1-5-8-24(26-30-28-19-33(26)11-7-13-35-4)34-18-21(29-31-34)17-32-12-10-27(16-20(32)3)23-15-22(6-2)37-25(23)9-14-36-27/h15,18-20,24H,5-14,16-17H2,1-4H3/t20-,24?,27+/m0/s1. The summed E-state index contributed by atoms with van der Waals surface area (Å²) in [5.74, 6) is 0.940. The van der Waals surface area contributed by atoms with Crippen LogP contribution < -0.4 is 0 Å². The van der Waals surface area contributed by atoms with Gasteiger partial charge in [-0.1, -0.05) is 25.5 Å². The van der Waals surface area contributed by atoms with Gasteiger partial charge in [0.1, 0.15) is 12.4 Å². The van der Waals surface area contributed by atoms with E-state index in [4.69, 9.17) is 9.47 Å². The molecular formula is C27H41N7O2S. The second kappa shape index (κ2) is 11.7. The predicted octanol–water partition coefficient (Wildman–Crippen LogP) is 4.37. The van der Waals surface area contributed by atoms with E-state index in [1.54, 1.807) is 12.0 Å². The number of ether oxygens (including phenoxy) is 2. The van der Waals surface area contributed by atoms with E-state index in [2.05, 4.69) is 63.0 Å². The molecule has 3 aromatic heterocycles. The Morgan fingerprint density at radius 1 is 1.30 bits per heavy atom. The van der Waals surface area contributed by atoms with Crippen LogP contribution in [-0.4, -0.2) is 67.6 Å². The number of likely N-dealkylation sites (tertiary alicyclic amines) is 1. The number of rotatable bonds is 11. The Labute approximate surface area is 224 Å². The monoisotopic (exact) mass is 527 g/mol. The van der Waals surface area contributed by atoms with Gasteiger partial charge in [0.25, 0.3) is 0 Å². The van der Waals surface area contributed by atoms with E-state index >= 15 is 0 Å². The van der Waals surface area contributed by atoms with Gasteiger partial charge in [0.05, 0.1) is 24.1 Å². The van der Waals surface area contributed by atoms with Crippen molar-refractivity contribution in [1.29, 1.82) is 0 Å². The molecular weight excluding hydrogens is 486 g/mol. The van der Waals surface area contributed by atoms with Crippen LogP contribution in [0.25, 0.3) is 0 Å². The first kappa shape index (κ1) is 26.5. The Kier molecular flexibility index (Phi) is 8.38. The molecule has 0 amide bonds. The molecule has 0 saturated carbocycles. The molecule has 1 spiro atoms. The predicted molar refractivity (Wildman–Crippen MR) is 144 cm³/mol. The van der Waals surface area contributed by atoms with Crippen LogP contribution in [0.3, 0.4) is 0 Å². The largest absolute Gasteiger partial charge is 0.385 e. The zero-order valence-electron chi connectivity index (χ0n) is 22.7. The summed E-state index contributed by atoms with van der Waals surface area (Å²) in [6.45, 7) is 11.0. The molecule has 37 heavy (non-hydrogen) atoms. The van der Waals surface area contributed by atoms with Crippen molar-refractivity contribution in [3.05, 3.63) is 45.4 Å². The Morgan fingerprint density at radius 2 is 2.19 bits per heavy atom. The summed E-state index contributed by atoms with van der Waals surface area (Å²) in [5.41, 5.74) is 2.35. The van der Waals surface area contributed by atoms with Crippen LogP contribution in [0.5, 0.6) is 0 Å². The molecule has 202 valence electrons. The summed E-state index contributed by atoms with van der Waals surface area (Å²) in [4.78, 5) is 5.56. The summed E-state index contributed by atoms with van der Waals surface area (Å²) in [5, 5.41) is 17.8. The fourth-order valence-electron chi connectivity index (χ4n) is 5.98. The van der Waals surface area contributed by atoms with E-state index < -0.39 is 0 Å². The average molecular weight is 528 g/mol. The molecule has 1 saturated heterocycles. The first-order valence-corrected chi connectivity index (χ1v) is 14.7. The summed E-state index contributed by atoms with van der Waals surface area (Å²) in [6.07, 6.45) is 11.0. The minimum atomic E-state index is -0.121. The van der Waals surface area contributed by atoms with Crippen LogP contribution >= 0.6 is 11.3 Å². The molecule has 0 bridgehead atoms.